The molecule has 0 fully saturated rings. The predicted molar refractivity (Wildman–Crippen MR) is 82.9 cm³/mol. The van der Waals surface area contributed by atoms with Crippen molar-refractivity contribution in [1.29, 1.82) is 0 Å². The summed E-state index contributed by atoms with van der Waals surface area (Å²) in [5.74, 6) is 0.759. The summed E-state index contributed by atoms with van der Waals surface area (Å²) in [4.78, 5) is 2.20. The zero-order valence-corrected chi connectivity index (χ0v) is 12.8. The lowest BCUT2D eigenvalue weighted by atomic mass is 10.0. The molecule has 0 saturated heterocycles. The average Bonchev–Trinajstić information content (AvgIpc) is 2.36. The first-order chi connectivity index (χ1) is 8.86. The van der Waals surface area contributed by atoms with Crippen molar-refractivity contribution in [2.45, 2.75) is 32.7 Å². The van der Waals surface area contributed by atoms with Crippen LogP contribution in [0.3, 0.4) is 0 Å². The highest BCUT2D eigenvalue weighted by molar-refractivity contribution is 5.61. The van der Waals surface area contributed by atoms with E-state index in [2.05, 4.69) is 45.1 Å². The first-order valence-corrected chi connectivity index (χ1v) is 6.80. The molecule has 0 spiro atoms. The molecule has 0 saturated carbocycles. The third-order valence-electron chi connectivity index (χ3n) is 3.41. The highest BCUT2D eigenvalue weighted by Crippen LogP contribution is 2.26. The first-order valence-electron chi connectivity index (χ1n) is 6.80. The van der Waals surface area contributed by atoms with Gasteiger partial charge in [-0.05, 0) is 46.5 Å². The van der Waals surface area contributed by atoms with Crippen molar-refractivity contribution >= 4 is 11.4 Å². The number of nitrogens with two attached hydrogens (primary N) is 1. The summed E-state index contributed by atoms with van der Waals surface area (Å²) < 4.78 is 5.63. The van der Waals surface area contributed by atoms with E-state index in [0.29, 0.717) is 12.3 Å². The molecule has 0 aliphatic rings. The molecule has 0 radical (unpaired) electrons. The van der Waals surface area contributed by atoms with Gasteiger partial charge in [-0.25, -0.2) is 0 Å². The number of hydrogen-bond acceptors (Lipinski definition) is 4. The zero-order valence-electron chi connectivity index (χ0n) is 12.8. The zero-order chi connectivity index (χ0) is 14.5. The van der Waals surface area contributed by atoms with Gasteiger partial charge in [0.1, 0.15) is 5.75 Å². The van der Waals surface area contributed by atoms with Crippen LogP contribution in [-0.4, -0.2) is 37.7 Å². The van der Waals surface area contributed by atoms with Crippen LogP contribution in [0.4, 0.5) is 11.4 Å². The quantitative estimate of drug-likeness (QED) is 0.744. The van der Waals surface area contributed by atoms with Gasteiger partial charge in [0.15, 0.2) is 0 Å². The van der Waals surface area contributed by atoms with Crippen LogP contribution in [0.1, 0.15) is 27.2 Å². The van der Waals surface area contributed by atoms with Crippen LogP contribution < -0.4 is 15.8 Å². The minimum absolute atomic E-state index is 0.0891. The summed E-state index contributed by atoms with van der Waals surface area (Å²) in [6.45, 7) is 8.03. The van der Waals surface area contributed by atoms with E-state index < -0.39 is 0 Å². The van der Waals surface area contributed by atoms with Crippen molar-refractivity contribution in [2.24, 2.45) is 0 Å². The van der Waals surface area contributed by atoms with E-state index in [1.165, 1.54) is 0 Å². The van der Waals surface area contributed by atoms with Crippen molar-refractivity contribution < 1.29 is 4.74 Å². The maximum Gasteiger partial charge on any atom is 0.144 e. The van der Waals surface area contributed by atoms with Crippen molar-refractivity contribution in [3.63, 3.8) is 0 Å². The number of nitrogen functional groups attached to an aromatic ring is 1. The van der Waals surface area contributed by atoms with Gasteiger partial charge in [-0.1, -0.05) is 6.92 Å². The first kappa shape index (κ1) is 15.6. The summed E-state index contributed by atoms with van der Waals surface area (Å²) in [5, 5.41) is 3.43. The van der Waals surface area contributed by atoms with E-state index in [4.69, 9.17) is 10.5 Å². The molecule has 1 aromatic rings. The van der Waals surface area contributed by atoms with Crippen LogP contribution in [0, 0.1) is 0 Å². The SMILES string of the molecule is CCCOc1cc(NCC(C)(C)N(C)C)ccc1N. The van der Waals surface area contributed by atoms with Crippen molar-refractivity contribution in [1.82, 2.24) is 4.90 Å². The lowest BCUT2D eigenvalue weighted by Gasteiger charge is -2.33. The van der Waals surface area contributed by atoms with Gasteiger partial charge in [0.25, 0.3) is 0 Å². The van der Waals surface area contributed by atoms with E-state index in [0.717, 1.165) is 24.4 Å². The molecule has 0 unspecified atom stereocenters. The molecule has 3 N–H and O–H groups in total. The van der Waals surface area contributed by atoms with Crippen LogP contribution in [0.2, 0.25) is 0 Å². The Labute approximate surface area is 116 Å². The van der Waals surface area contributed by atoms with Gasteiger partial charge in [-0.2, -0.15) is 0 Å². The van der Waals surface area contributed by atoms with E-state index in [1.807, 2.05) is 18.2 Å². The van der Waals surface area contributed by atoms with Crippen molar-refractivity contribution in [3.05, 3.63) is 18.2 Å². The number of rotatable bonds is 7. The van der Waals surface area contributed by atoms with E-state index in [-0.39, 0.29) is 5.54 Å². The second-order valence-corrected chi connectivity index (χ2v) is 5.66. The summed E-state index contributed by atoms with van der Waals surface area (Å²) in [7, 11) is 4.17. The van der Waals surface area contributed by atoms with Gasteiger partial charge in [-0.3, -0.25) is 0 Å². The topological polar surface area (TPSA) is 50.5 Å². The fourth-order valence-corrected chi connectivity index (χ4v) is 1.46. The maximum absolute atomic E-state index is 5.90. The molecule has 0 aromatic heterocycles. The van der Waals surface area contributed by atoms with E-state index in [1.54, 1.807) is 0 Å². The van der Waals surface area contributed by atoms with E-state index >= 15 is 0 Å². The van der Waals surface area contributed by atoms with Gasteiger partial charge in [-0.15, -0.1) is 0 Å². The Kier molecular flexibility index (Phi) is 5.48. The standard InChI is InChI=1S/C15H27N3O/c1-6-9-19-14-10-12(7-8-13(14)16)17-11-15(2,3)18(4)5/h7-8,10,17H,6,9,11,16H2,1-5H3. The summed E-state index contributed by atoms with van der Waals surface area (Å²) in [6, 6.07) is 5.84. The number of ether oxygens (including phenoxy) is 1. The summed E-state index contributed by atoms with van der Waals surface area (Å²) in [5.41, 5.74) is 7.71. The third-order valence-corrected chi connectivity index (χ3v) is 3.41. The van der Waals surface area contributed by atoms with E-state index in [9.17, 15) is 0 Å². The molecule has 0 amide bonds. The van der Waals surface area contributed by atoms with Crippen molar-refractivity contribution in [2.75, 3.05) is 38.3 Å². The van der Waals surface area contributed by atoms with Crippen molar-refractivity contribution in [3.8, 4) is 5.75 Å². The molecule has 0 heterocycles. The maximum atomic E-state index is 5.90. The van der Waals surface area contributed by atoms with Gasteiger partial charge >= 0.3 is 0 Å². The number of nitrogens with one attached hydrogen (secondary N) is 1. The normalized spacial score (nSPS) is 11.7. The molecular formula is C15H27N3O. The highest BCUT2D eigenvalue weighted by atomic mass is 16.5. The second-order valence-electron chi connectivity index (χ2n) is 5.66. The molecule has 19 heavy (non-hydrogen) atoms. The highest BCUT2D eigenvalue weighted by Gasteiger charge is 2.19. The average molecular weight is 265 g/mol. The number of nitrogens with zero attached hydrogens (tertiary/aromatic N) is 1. The number of anilines is 2. The Hall–Kier alpha value is -1.42. The van der Waals surface area contributed by atoms with Crippen LogP contribution in [-0.2, 0) is 0 Å². The van der Waals surface area contributed by atoms with Gasteiger partial charge in [0, 0.05) is 23.8 Å². The third kappa shape index (κ3) is 4.63. The Morgan fingerprint density at radius 1 is 1.32 bits per heavy atom. The molecule has 0 atom stereocenters. The largest absolute Gasteiger partial charge is 0.491 e. The van der Waals surface area contributed by atoms with Crippen LogP contribution >= 0.6 is 0 Å². The molecule has 1 aromatic carbocycles. The molecule has 4 heteroatoms. The Morgan fingerprint density at radius 3 is 2.58 bits per heavy atom. The van der Waals surface area contributed by atoms with Crippen LogP contribution in [0.15, 0.2) is 18.2 Å². The lowest BCUT2D eigenvalue weighted by Crippen LogP contribution is -2.44. The Morgan fingerprint density at radius 2 is 2.00 bits per heavy atom. The molecule has 108 valence electrons. The van der Waals surface area contributed by atoms with Gasteiger partial charge < -0.3 is 20.7 Å². The minimum Gasteiger partial charge on any atom is -0.491 e. The van der Waals surface area contributed by atoms with Gasteiger partial charge in [0.2, 0.25) is 0 Å². The Balaban J connectivity index is 2.69. The summed E-state index contributed by atoms with van der Waals surface area (Å²) >= 11 is 0. The fourth-order valence-electron chi connectivity index (χ4n) is 1.46. The summed E-state index contributed by atoms with van der Waals surface area (Å²) in [6.07, 6.45) is 0.977. The molecule has 0 aliphatic carbocycles. The molecule has 4 nitrogen and oxygen atoms in total. The number of hydrogen-bond donors (Lipinski definition) is 2. The number of likely N-dealkylation sites (N-methyl/N-ethyl adjacent to an activating group) is 1. The predicted octanol–water partition coefficient (Wildman–Crippen LogP) is 2.81. The lowest BCUT2D eigenvalue weighted by molar-refractivity contribution is 0.210. The second kappa shape index (κ2) is 6.66. The monoisotopic (exact) mass is 265 g/mol. The molecular weight excluding hydrogens is 238 g/mol. The molecule has 0 bridgehead atoms. The fraction of sp³-hybridized carbons (Fsp3) is 0.600. The van der Waals surface area contributed by atoms with Gasteiger partial charge in [0.05, 0.1) is 12.3 Å². The Bertz CT molecular complexity index is 402. The molecule has 0 aliphatic heterocycles. The molecule has 1 rings (SSSR count). The minimum atomic E-state index is 0.0891. The van der Waals surface area contributed by atoms with Crippen LogP contribution in [0.5, 0.6) is 5.75 Å². The smallest absolute Gasteiger partial charge is 0.144 e. The van der Waals surface area contributed by atoms with Crippen LogP contribution in [0.25, 0.3) is 0 Å². The number of benzene rings is 1.